The molecular weight excluding hydrogens is 264 g/mol. The molecule has 0 atom stereocenters. The molecule has 1 aromatic heterocycles. The fourth-order valence-corrected chi connectivity index (χ4v) is 4.12. The first-order chi connectivity index (χ1) is 8.45. The van der Waals surface area contributed by atoms with Gasteiger partial charge in [-0.3, -0.25) is 0 Å². The fourth-order valence-electron chi connectivity index (χ4n) is 3.21. The lowest BCUT2D eigenvalue weighted by Crippen LogP contribution is -2.24. The fraction of sp³-hybridized carbons (Fsp3) is 0.429. The number of halogens is 1. The van der Waals surface area contributed by atoms with Gasteiger partial charge in [0.05, 0.1) is 5.52 Å². The smallest absolute Gasteiger partial charge is 0.0527 e. The van der Waals surface area contributed by atoms with Crippen LogP contribution in [0.1, 0.15) is 16.8 Å². The van der Waals surface area contributed by atoms with Gasteiger partial charge in [-0.2, -0.15) is 11.8 Å². The number of nitrogens with one attached hydrogen (secondary N) is 1. The van der Waals surface area contributed by atoms with Crippen LogP contribution in [0.2, 0.25) is 0 Å². The Morgan fingerprint density at radius 2 is 2.22 bits per heavy atom. The van der Waals surface area contributed by atoms with Crippen molar-refractivity contribution >= 4 is 35.1 Å². The Morgan fingerprint density at radius 1 is 1.28 bits per heavy atom. The molecule has 0 amide bonds. The number of fused-ring (bicyclic) bond motifs is 3. The van der Waals surface area contributed by atoms with Crippen molar-refractivity contribution in [2.75, 3.05) is 12.3 Å². The average molecular weight is 281 g/mol. The molecule has 2 aliphatic heterocycles. The summed E-state index contributed by atoms with van der Waals surface area (Å²) >= 11 is 2.06. The SMILES string of the molecule is Cl.c1cc2c3c(c1)c1c(n3CCSC2)CCNC1. The summed E-state index contributed by atoms with van der Waals surface area (Å²) in [5, 5.41) is 5.00. The lowest BCUT2D eigenvalue weighted by molar-refractivity contribution is 0.608. The maximum absolute atomic E-state index is 3.51. The number of hydrogen-bond donors (Lipinski definition) is 1. The number of nitrogens with zero attached hydrogens (tertiary/aromatic N) is 1. The monoisotopic (exact) mass is 280 g/mol. The van der Waals surface area contributed by atoms with Crippen LogP contribution in [0.3, 0.4) is 0 Å². The molecule has 2 aromatic rings. The van der Waals surface area contributed by atoms with Crippen molar-refractivity contribution < 1.29 is 0 Å². The van der Waals surface area contributed by atoms with Gasteiger partial charge < -0.3 is 9.88 Å². The van der Waals surface area contributed by atoms with Gasteiger partial charge in [0.15, 0.2) is 0 Å². The van der Waals surface area contributed by atoms with Gasteiger partial charge in [-0.1, -0.05) is 18.2 Å². The van der Waals surface area contributed by atoms with Crippen molar-refractivity contribution in [2.24, 2.45) is 0 Å². The number of aromatic nitrogens is 1. The summed E-state index contributed by atoms with van der Waals surface area (Å²) in [6, 6.07) is 6.83. The van der Waals surface area contributed by atoms with Crippen molar-refractivity contribution in [3.05, 3.63) is 35.0 Å². The van der Waals surface area contributed by atoms with Crippen molar-refractivity contribution in [3.8, 4) is 0 Å². The van der Waals surface area contributed by atoms with Crippen molar-refractivity contribution in [3.63, 3.8) is 0 Å². The summed E-state index contributed by atoms with van der Waals surface area (Å²) in [7, 11) is 0. The van der Waals surface area contributed by atoms with Crippen LogP contribution in [-0.4, -0.2) is 16.9 Å². The van der Waals surface area contributed by atoms with Crippen LogP contribution in [0.15, 0.2) is 18.2 Å². The van der Waals surface area contributed by atoms with Crippen molar-refractivity contribution in [1.82, 2.24) is 9.88 Å². The molecule has 3 heterocycles. The maximum Gasteiger partial charge on any atom is 0.0527 e. The van der Waals surface area contributed by atoms with Crippen LogP contribution >= 0.6 is 24.2 Å². The van der Waals surface area contributed by atoms with Crippen LogP contribution in [0.5, 0.6) is 0 Å². The van der Waals surface area contributed by atoms with Gasteiger partial charge >= 0.3 is 0 Å². The molecule has 96 valence electrons. The molecule has 0 fully saturated rings. The maximum atomic E-state index is 3.51. The molecule has 2 nitrogen and oxygen atoms in total. The first-order valence-electron chi connectivity index (χ1n) is 6.35. The summed E-state index contributed by atoms with van der Waals surface area (Å²) in [5.41, 5.74) is 6.19. The number of thioether (sulfide) groups is 1. The standard InChI is InChI=1S/C14H16N2S.ClH/c1-2-10-9-17-7-6-16-13-4-5-15-8-12(13)11(3-1)14(10)16;/h1-3,15H,4-9H2;1H. The highest BCUT2D eigenvalue weighted by atomic mass is 35.5. The van der Waals surface area contributed by atoms with Crippen LogP contribution in [0.4, 0.5) is 0 Å². The minimum atomic E-state index is 0. The minimum Gasteiger partial charge on any atom is -0.343 e. The molecule has 0 saturated heterocycles. The second-order valence-corrected chi connectivity index (χ2v) is 5.97. The lowest BCUT2D eigenvalue weighted by atomic mass is 10.0. The summed E-state index contributed by atoms with van der Waals surface area (Å²) in [6.07, 6.45) is 1.19. The van der Waals surface area contributed by atoms with E-state index in [4.69, 9.17) is 0 Å². The number of aryl methyl sites for hydroxylation is 1. The van der Waals surface area contributed by atoms with Crippen LogP contribution in [0.25, 0.3) is 10.9 Å². The van der Waals surface area contributed by atoms with Gasteiger partial charge in [0, 0.05) is 48.6 Å². The Hall–Kier alpha value is -0.640. The van der Waals surface area contributed by atoms with Gasteiger partial charge in [0.1, 0.15) is 0 Å². The van der Waals surface area contributed by atoms with Crippen molar-refractivity contribution in [2.45, 2.75) is 25.3 Å². The molecule has 4 rings (SSSR count). The number of para-hydroxylation sites is 1. The Labute approximate surface area is 118 Å². The highest BCUT2D eigenvalue weighted by Crippen LogP contribution is 2.34. The Morgan fingerprint density at radius 3 is 3.17 bits per heavy atom. The van der Waals surface area contributed by atoms with Gasteiger partial charge in [0.2, 0.25) is 0 Å². The van der Waals surface area contributed by atoms with E-state index in [1.165, 1.54) is 40.9 Å². The predicted molar refractivity (Wildman–Crippen MR) is 80.8 cm³/mol. The summed E-state index contributed by atoms with van der Waals surface area (Å²) in [5.74, 6) is 2.42. The first-order valence-corrected chi connectivity index (χ1v) is 7.51. The third-order valence-electron chi connectivity index (χ3n) is 3.95. The van der Waals surface area contributed by atoms with E-state index in [1.54, 1.807) is 11.3 Å². The minimum absolute atomic E-state index is 0. The van der Waals surface area contributed by atoms with Crippen molar-refractivity contribution in [1.29, 1.82) is 0 Å². The Balaban J connectivity index is 0.000001000. The van der Waals surface area contributed by atoms with Crippen LogP contribution in [0, 0.1) is 0 Å². The Kier molecular flexibility index (Phi) is 3.31. The second kappa shape index (κ2) is 4.80. The third-order valence-corrected chi connectivity index (χ3v) is 4.93. The summed E-state index contributed by atoms with van der Waals surface area (Å²) in [6.45, 7) is 3.37. The van der Waals surface area contributed by atoms with Gasteiger partial charge in [-0.25, -0.2) is 0 Å². The molecule has 0 spiro atoms. The molecule has 0 bridgehead atoms. The zero-order chi connectivity index (χ0) is 11.2. The summed E-state index contributed by atoms with van der Waals surface area (Å²) < 4.78 is 2.60. The molecular formula is C14H17ClN2S. The molecule has 0 radical (unpaired) electrons. The highest BCUT2D eigenvalue weighted by molar-refractivity contribution is 7.98. The summed E-state index contributed by atoms with van der Waals surface area (Å²) in [4.78, 5) is 0. The molecule has 0 aliphatic carbocycles. The topological polar surface area (TPSA) is 17.0 Å². The van der Waals surface area contributed by atoms with Gasteiger partial charge in [-0.05, 0) is 11.1 Å². The largest absolute Gasteiger partial charge is 0.343 e. The van der Waals surface area contributed by atoms with E-state index in [2.05, 4.69) is 39.8 Å². The quantitative estimate of drug-likeness (QED) is 0.799. The van der Waals surface area contributed by atoms with Gasteiger partial charge in [-0.15, -0.1) is 12.4 Å². The number of benzene rings is 1. The van der Waals surface area contributed by atoms with E-state index < -0.39 is 0 Å². The molecule has 2 aliphatic rings. The molecule has 1 N–H and O–H groups in total. The van der Waals surface area contributed by atoms with Crippen LogP contribution < -0.4 is 5.32 Å². The van der Waals surface area contributed by atoms with E-state index in [0.29, 0.717) is 0 Å². The normalized spacial score (nSPS) is 18.0. The number of hydrogen-bond acceptors (Lipinski definition) is 2. The zero-order valence-corrected chi connectivity index (χ0v) is 11.9. The third kappa shape index (κ3) is 1.68. The van der Waals surface area contributed by atoms with E-state index in [1.807, 2.05) is 0 Å². The first kappa shape index (κ1) is 12.4. The van der Waals surface area contributed by atoms with Gasteiger partial charge in [0.25, 0.3) is 0 Å². The molecule has 0 unspecified atom stereocenters. The van der Waals surface area contributed by atoms with E-state index >= 15 is 0 Å². The molecule has 4 heteroatoms. The lowest BCUT2D eigenvalue weighted by Gasteiger charge is -2.16. The predicted octanol–water partition coefficient (Wildman–Crippen LogP) is 2.96. The molecule has 1 aromatic carbocycles. The van der Waals surface area contributed by atoms with Crippen LogP contribution in [-0.2, 0) is 25.3 Å². The molecule has 18 heavy (non-hydrogen) atoms. The van der Waals surface area contributed by atoms with E-state index in [9.17, 15) is 0 Å². The molecule has 0 saturated carbocycles. The van der Waals surface area contributed by atoms with E-state index in [-0.39, 0.29) is 12.4 Å². The highest BCUT2D eigenvalue weighted by Gasteiger charge is 2.22. The number of rotatable bonds is 0. The average Bonchev–Trinajstić information content (AvgIpc) is 2.56. The second-order valence-electron chi connectivity index (χ2n) is 4.87. The zero-order valence-electron chi connectivity index (χ0n) is 10.2. The Bertz CT molecular complexity index is 591. The van der Waals surface area contributed by atoms with E-state index in [0.717, 1.165) is 13.1 Å².